The highest BCUT2D eigenvalue weighted by Gasteiger charge is 2.10. The molecule has 0 unspecified atom stereocenters. The Morgan fingerprint density at radius 2 is 1.89 bits per heavy atom. The molecule has 2 aromatic rings. The van der Waals surface area contributed by atoms with Crippen LogP contribution in [0.3, 0.4) is 0 Å². The number of carbonyl (C=O) groups is 2. The van der Waals surface area contributed by atoms with Crippen LogP contribution in [0.5, 0.6) is 5.75 Å². The fourth-order valence-corrected chi connectivity index (χ4v) is 2.30. The van der Waals surface area contributed by atoms with Gasteiger partial charge < -0.3 is 9.47 Å². The van der Waals surface area contributed by atoms with Gasteiger partial charge in [0, 0.05) is 11.1 Å². The first kappa shape index (κ1) is 20.0. The normalized spacial score (nSPS) is 11.1. The molecule has 0 aliphatic carbocycles. The van der Waals surface area contributed by atoms with E-state index in [2.05, 4.69) is 0 Å². The van der Waals surface area contributed by atoms with Gasteiger partial charge in [-0.25, -0.2) is 9.59 Å². The van der Waals surface area contributed by atoms with Crippen LogP contribution in [0.2, 0.25) is 5.02 Å². The molecule has 2 aromatic carbocycles. The third kappa shape index (κ3) is 6.46. The average Bonchev–Trinajstić information content (AvgIpc) is 2.65. The van der Waals surface area contributed by atoms with Crippen molar-refractivity contribution in [3.63, 3.8) is 0 Å². The summed E-state index contributed by atoms with van der Waals surface area (Å²) in [5.41, 5.74) is 1.16. The van der Waals surface area contributed by atoms with Gasteiger partial charge in [0.25, 0.3) is 0 Å². The highest BCUT2D eigenvalue weighted by atomic mass is 35.5. The van der Waals surface area contributed by atoms with Crippen LogP contribution in [-0.2, 0) is 14.3 Å². The second kappa shape index (κ2) is 9.95. The molecule has 6 heteroatoms. The Kier molecular flexibility index (Phi) is 7.36. The number of carbonyl (C=O) groups excluding carboxylic acids is 2. The van der Waals surface area contributed by atoms with E-state index in [4.69, 9.17) is 26.3 Å². The van der Waals surface area contributed by atoms with E-state index >= 15 is 0 Å². The van der Waals surface area contributed by atoms with Crippen molar-refractivity contribution in [3.8, 4) is 11.8 Å². The summed E-state index contributed by atoms with van der Waals surface area (Å²) in [7, 11) is 0. The Morgan fingerprint density at radius 3 is 2.59 bits per heavy atom. The molecule has 0 saturated carbocycles. The van der Waals surface area contributed by atoms with E-state index in [1.54, 1.807) is 67.6 Å². The molecule has 0 bridgehead atoms. The molecule has 5 nitrogen and oxygen atoms in total. The summed E-state index contributed by atoms with van der Waals surface area (Å²) >= 11 is 5.89. The summed E-state index contributed by atoms with van der Waals surface area (Å²) in [4.78, 5) is 23.6. The van der Waals surface area contributed by atoms with Crippen molar-refractivity contribution in [1.82, 2.24) is 0 Å². The molecular formula is C21H16ClNO4. The zero-order valence-corrected chi connectivity index (χ0v) is 15.3. The van der Waals surface area contributed by atoms with Gasteiger partial charge in [0.15, 0.2) is 0 Å². The van der Waals surface area contributed by atoms with Gasteiger partial charge in [0.2, 0.25) is 0 Å². The first-order valence-corrected chi connectivity index (χ1v) is 8.44. The molecule has 0 N–H and O–H groups in total. The predicted molar refractivity (Wildman–Crippen MR) is 103 cm³/mol. The number of nitrogens with zero attached hydrogens (tertiary/aromatic N) is 1. The van der Waals surface area contributed by atoms with Gasteiger partial charge in [-0.15, -0.1) is 0 Å². The smallest absolute Gasteiger partial charge is 0.348 e. The van der Waals surface area contributed by atoms with Crippen molar-refractivity contribution in [2.45, 2.75) is 6.92 Å². The first-order valence-electron chi connectivity index (χ1n) is 8.06. The van der Waals surface area contributed by atoms with Gasteiger partial charge in [-0.3, -0.25) is 0 Å². The maximum atomic E-state index is 12.0. The van der Waals surface area contributed by atoms with E-state index in [-0.39, 0.29) is 17.9 Å². The van der Waals surface area contributed by atoms with Crippen LogP contribution in [0.15, 0.2) is 60.2 Å². The zero-order valence-electron chi connectivity index (χ0n) is 14.5. The molecule has 0 aliphatic heterocycles. The Balaban J connectivity index is 2.10. The monoisotopic (exact) mass is 381 g/mol. The summed E-state index contributed by atoms with van der Waals surface area (Å²) in [6.07, 6.45) is 4.25. The molecule has 0 spiro atoms. The number of nitriles is 1. The maximum absolute atomic E-state index is 12.0. The second-order valence-corrected chi connectivity index (χ2v) is 5.71. The highest BCUT2D eigenvalue weighted by Crippen LogP contribution is 2.17. The second-order valence-electron chi connectivity index (χ2n) is 5.27. The van der Waals surface area contributed by atoms with Crippen LogP contribution >= 0.6 is 11.6 Å². The van der Waals surface area contributed by atoms with Crippen molar-refractivity contribution >= 4 is 35.7 Å². The van der Waals surface area contributed by atoms with Crippen molar-refractivity contribution in [3.05, 3.63) is 76.3 Å². The van der Waals surface area contributed by atoms with Gasteiger partial charge in [0.1, 0.15) is 17.4 Å². The molecular weight excluding hydrogens is 366 g/mol. The third-order valence-corrected chi connectivity index (χ3v) is 3.50. The summed E-state index contributed by atoms with van der Waals surface area (Å²) in [5.74, 6) is -0.987. The van der Waals surface area contributed by atoms with E-state index in [0.29, 0.717) is 10.6 Å². The number of halogens is 1. The van der Waals surface area contributed by atoms with E-state index in [9.17, 15) is 9.59 Å². The van der Waals surface area contributed by atoms with E-state index in [0.717, 1.165) is 5.56 Å². The lowest BCUT2D eigenvalue weighted by atomic mass is 10.1. The molecule has 136 valence electrons. The quantitative estimate of drug-likeness (QED) is 0.320. The molecule has 0 atom stereocenters. The minimum atomic E-state index is -0.702. The Hall–Kier alpha value is -3.36. The maximum Gasteiger partial charge on any atom is 0.348 e. The minimum absolute atomic E-state index is 0.138. The van der Waals surface area contributed by atoms with E-state index in [1.807, 2.05) is 0 Å². The number of benzene rings is 2. The van der Waals surface area contributed by atoms with Crippen molar-refractivity contribution in [1.29, 1.82) is 5.26 Å². The molecule has 0 radical (unpaired) electrons. The highest BCUT2D eigenvalue weighted by molar-refractivity contribution is 6.30. The van der Waals surface area contributed by atoms with Gasteiger partial charge in [0.05, 0.1) is 6.61 Å². The molecule has 0 saturated heterocycles. The zero-order chi connectivity index (χ0) is 19.6. The standard InChI is InChI=1S/C21H16ClNO4/c1-2-26-21(25)17(14-23)11-16-6-4-8-19(13-16)27-20(24)10-9-15-5-3-7-18(22)12-15/h3-13H,2H2,1H3/b10-9+,17-11+. The summed E-state index contributed by atoms with van der Waals surface area (Å²) < 4.78 is 10.1. The number of esters is 2. The number of hydrogen-bond donors (Lipinski definition) is 0. The molecule has 0 fully saturated rings. The molecule has 0 aliphatic rings. The van der Waals surface area contributed by atoms with E-state index < -0.39 is 11.9 Å². The Bertz CT molecular complexity index is 941. The fourth-order valence-electron chi connectivity index (χ4n) is 2.10. The van der Waals surface area contributed by atoms with Crippen LogP contribution in [-0.4, -0.2) is 18.5 Å². The fraction of sp³-hybridized carbons (Fsp3) is 0.0952. The van der Waals surface area contributed by atoms with Gasteiger partial charge in [-0.05, 0) is 54.5 Å². The SMILES string of the molecule is CCOC(=O)/C(C#N)=C/c1cccc(OC(=O)/C=C/c2cccc(Cl)c2)c1. The minimum Gasteiger partial charge on any atom is -0.462 e. The summed E-state index contributed by atoms with van der Waals surface area (Å²) in [6.45, 7) is 1.83. The molecule has 0 heterocycles. The lowest BCUT2D eigenvalue weighted by molar-refractivity contribution is -0.138. The molecule has 0 amide bonds. The van der Waals surface area contributed by atoms with Crippen LogP contribution in [0.4, 0.5) is 0 Å². The van der Waals surface area contributed by atoms with Crippen molar-refractivity contribution in [2.24, 2.45) is 0 Å². The molecule has 0 aromatic heterocycles. The van der Waals surface area contributed by atoms with Crippen LogP contribution in [0.1, 0.15) is 18.1 Å². The lowest BCUT2D eigenvalue weighted by Gasteiger charge is -2.03. The van der Waals surface area contributed by atoms with Gasteiger partial charge >= 0.3 is 11.9 Å². The first-order chi connectivity index (χ1) is 13.0. The third-order valence-electron chi connectivity index (χ3n) is 3.26. The lowest BCUT2D eigenvalue weighted by Crippen LogP contribution is -2.06. The Labute approximate surface area is 162 Å². The number of rotatable bonds is 6. The summed E-state index contributed by atoms with van der Waals surface area (Å²) in [5, 5.41) is 9.64. The molecule has 27 heavy (non-hydrogen) atoms. The van der Waals surface area contributed by atoms with Crippen molar-refractivity contribution in [2.75, 3.05) is 6.61 Å². The van der Waals surface area contributed by atoms with Crippen LogP contribution in [0.25, 0.3) is 12.2 Å². The number of ether oxygens (including phenoxy) is 2. The summed E-state index contributed by atoms with van der Waals surface area (Å²) in [6, 6.07) is 15.3. The predicted octanol–water partition coefficient (Wildman–Crippen LogP) is 4.43. The van der Waals surface area contributed by atoms with Crippen LogP contribution in [0, 0.1) is 11.3 Å². The largest absolute Gasteiger partial charge is 0.462 e. The molecule has 2 rings (SSSR count). The topological polar surface area (TPSA) is 76.4 Å². The van der Waals surface area contributed by atoms with Gasteiger partial charge in [-0.2, -0.15) is 5.26 Å². The van der Waals surface area contributed by atoms with Crippen molar-refractivity contribution < 1.29 is 19.1 Å². The number of hydrogen-bond acceptors (Lipinski definition) is 5. The van der Waals surface area contributed by atoms with E-state index in [1.165, 1.54) is 12.2 Å². The average molecular weight is 382 g/mol. The Morgan fingerprint density at radius 1 is 1.15 bits per heavy atom. The van der Waals surface area contributed by atoms with Crippen LogP contribution < -0.4 is 4.74 Å². The van der Waals surface area contributed by atoms with Gasteiger partial charge in [-0.1, -0.05) is 35.9 Å².